The number of hydrogen-bond donors (Lipinski definition) is 0. The highest BCUT2D eigenvalue weighted by Gasteiger charge is 2.23. The van der Waals surface area contributed by atoms with E-state index in [9.17, 15) is 4.79 Å². The number of nitrogens with zero attached hydrogens (tertiary/aromatic N) is 3. The van der Waals surface area contributed by atoms with Crippen LogP contribution in [0.2, 0.25) is 0 Å². The molecule has 1 saturated heterocycles. The molecule has 0 aliphatic carbocycles. The van der Waals surface area contributed by atoms with E-state index in [0.29, 0.717) is 50.4 Å². The van der Waals surface area contributed by atoms with Crippen LogP contribution >= 0.6 is 0 Å². The fourth-order valence-electron chi connectivity index (χ4n) is 2.20. The fraction of sp³-hybridized carbons (Fsp3) is 0.769. The van der Waals surface area contributed by atoms with E-state index in [1.54, 1.807) is 12.0 Å². The topological polar surface area (TPSA) is 77.7 Å². The number of carbonyl (C=O) groups is 1. The van der Waals surface area contributed by atoms with Crippen molar-refractivity contribution in [1.29, 1.82) is 0 Å². The van der Waals surface area contributed by atoms with Crippen molar-refractivity contribution in [3.8, 4) is 0 Å². The number of hydrogen-bond acceptors (Lipinski definition) is 6. The molecule has 0 saturated carbocycles. The summed E-state index contributed by atoms with van der Waals surface area (Å²) in [6.45, 7) is 4.66. The largest absolute Gasteiger partial charge is 0.381 e. The minimum Gasteiger partial charge on any atom is -0.381 e. The second-order valence-corrected chi connectivity index (χ2v) is 4.88. The molecule has 20 heavy (non-hydrogen) atoms. The highest BCUT2D eigenvalue weighted by atomic mass is 16.5. The van der Waals surface area contributed by atoms with Crippen molar-refractivity contribution in [2.45, 2.75) is 32.9 Å². The van der Waals surface area contributed by atoms with E-state index in [4.69, 9.17) is 14.0 Å². The van der Waals surface area contributed by atoms with Crippen molar-refractivity contribution >= 4 is 5.91 Å². The SMILES string of the molecule is CCN(Cc1nc(COC)no1)C(=O)C[C@H]1CCOC1. The molecule has 1 amide bonds. The van der Waals surface area contributed by atoms with Crippen LogP contribution in [-0.4, -0.2) is 47.8 Å². The smallest absolute Gasteiger partial charge is 0.246 e. The van der Waals surface area contributed by atoms with Crippen molar-refractivity contribution in [2.24, 2.45) is 5.92 Å². The Labute approximate surface area is 118 Å². The number of ether oxygens (including phenoxy) is 2. The molecule has 112 valence electrons. The quantitative estimate of drug-likeness (QED) is 0.742. The number of carbonyl (C=O) groups excluding carboxylic acids is 1. The first-order chi connectivity index (χ1) is 9.72. The molecule has 1 aromatic heterocycles. The van der Waals surface area contributed by atoms with Gasteiger partial charge in [0, 0.05) is 33.3 Å². The molecule has 0 spiro atoms. The van der Waals surface area contributed by atoms with Gasteiger partial charge in [0.2, 0.25) is 11.8 Å². The maximum Gasteiger partial charge on any atom is 0.246 e. The zero-order valence-corrected chi connectivity index (χ0v) is 12.0. The monoisotopic (exact) mass is 283 g/mol. The molecule has 1 atom stereocenters. The van der Waals surface area contributed by atoms with Crippen molar-refractivity contribution in [3.63, 3.8) is 0 Å². The van der Waals surface area contributed by atoms with Gasteiger partial charge >= 0.3 is 0 Å². The van der Waals surface area contributed by atoms with Crippen molar-refractivity contribution < 1.29 is 18.8 Å². The summed E-state index contributed by atoms with van der Waals surface area (Å²) < 4.78 is 15.3. The number of amides is 1. The van der Waals surface area contributed by atoms with Crippen LogP contribution in [0.3, 0.4) is 0 Å². The van der Waals surface area contributed by atoms with Gasteiger partial charge in [0.15, 0.2) is 5.82 Å². The normalized spacial score (nSPS) is 18.4. The average Bonchev–Trinajstić information content (AvgIpc) is 3.08. The van der Waals surface area contributed by atoms with Gasteiger partial charge in [-0.1, -0.05) is 5.16 Å². The molecule has 1 fully saturated rings. The van der Waals surface area contributed by atoms with Gasteiger partial charge in [0.25, 0.3) is 0 Å². The van der Waals surface area contributed by atoms with Gasteiger partial charge in [-0.25, -0.2) is 0 Å². The fourth-order valence-corrected chi connectivity index (χ4v) is 2.20. The summed E-state index contributed by atoms with van der Waals surface area (Å²) in [5.74, 6) is 1.38. The summed E-state index contributed by atoms with van der Waals surface area (Å²) in [7, 11) is 1.57. The molecule has 0 N–H and O–H groups in total. The Morgan fingerprint density at radius 1 is 1.55 bits per heavy atom. The molecule has 0 aromatic carbocycles. The molecule has 7 nitrogen and oxygen atoms in total. The zero-order chi connectivity index (χ0) is 14.4. The second-order valence-electron chi connectivity index (χ2n) is 4.88. The average molecular weight is 283 g/mol. The maximum absolute atomic E-state index is 12.2. The summed E-state index contributed by atoms with van der Waals surface area (Å²) in [5.41, 5.74) is 0. The van der Waals surface area contributed by atoms with E-state index in [-0.39, 0.29) is 5.91 Å². The Morgan fingerprint density at radius 2 is 2.40 bits per heavy atom. The van der Waals surface area contributed by atoms with Crippen LogP contribution in [-0.2, 0) is 27.4 Å². The van der Waals surface area contributed by atoms with E-state index < -0.39 is 0 Å². The third kappa shape index (κ3) is 4.01. The third-order valence-electron chi connectivity index (χ3n) is 3.33. The Morgan fingerprint density at radius 3 is 3.05 bits per heavy atom. The summed E-state index contributed by atoms with van der Waals surface area (Å²) >= 11 is 0. The Balaban J connectivity index is 1.87. The van der Waals surface area contributed by atoms with Gasteiger partial charge in [0.1, 0.15) is 6.61 Å². The highest BCUT2D eigenvalue weighted by molar-refractivity contribution is 5.76. The summed E-state index contributed by atoms with van der Waals surface area (Å²) in [6.07, 6.45) is 1.48. The molecule has 7 heteroatoms. The van der Waals surface area contributed by atoms with Crippen molar-refractivity contribution in [3.05, 3.63) is 11.7 Å². The lowest BCUT2D eigenvalue weighted by atomic mass is 10.0. The molecule has 0 unspecified atom stereocenters. The van der Waals surface area contributed by atoms with Gasteiger partial charge in [-0.3, -0.25) is 4.79 Å². The number of aromatic nitrogens is 2. The van der Waals surface area contributed by atoms with E-state index in [1.807, 2.05) is 6.92 Å². The molecule has 2 heterocycles. The van der Waals surface area contributed by atoms with Gasteiger partial charge in [0.05, 0.1) is 6.54 Å². The molecule has 1 aromatic rings. The first kappa shape index (κ1) is 14.9. The summed E-state index contributed by atoms with van der Waals surface area (Å²) in [4.78, 5) is 18.1. The van der Waals surface area contributed by atoms with Crippen LogP contribution in [0.15, 0.2) is 4.52 Å². The highest BCUT2D eigenvalue weighted by Crippen LogP contribution is 2.18. The predicted octanol–water partition coefficient (Wildman–Crippen LogP) is 0.991. The van der Waals surface area contributed by atoms with Crippen LogP contribution in [0.5, 0.6) is 0 Å². The first-order valence-electron chi connectivity index (χ1n) is 6.88. The molecular formula is C13H21N3O4. The van der Waals surface area contributed by atoms with Crippen LogP contribution in [0.1, 0.15) is 31.5 Å². The van der Waals surface area contributed by atoms with Gasteiger partial charge < -0.3 is 18.9 Å². The molecule has 2 rings (SSSR count). The van der Waals surface area contributed by atoms with E-state index in [0.717, 1.165) is 13.0 Å². The lowest BCUT2D eigenvalue weighted by molar-refractivity contribution is -0.133. The lowest BCUT2D eigenvalue weighted by Crippen LogP contribution is -2.32. The Bertz CT molecular complexity index is 429. The molecule has 1 aliphatic rings. The van der Waals surface area contributed by atoms with Gasteiger partial charge in [-0.05, 0) is 19.3 Å². The van der Waals surface area contributed by atoms with Crippen molar-refractivity contribution in [2.75, 3.05) is 26.9 Å². The predicted molar refractivity (Wildman–Crippen MR) is 69.6 cm³/mol. The van der Waals surface area contributed by atoms with Crippen LogP contribution in [0.4, 0.5) is 0 Å². The Hall–Kier alpha value is -1.47. The minimum atomic E-state index is 0.106. The third-order valence-corrected chi connectivity index (χ3v) is 3.33. The number of rotatable bonds is 7. The summed E-state index contributed by atoms with van der Waals surface area (Å²) in [5, 5.41) is 3.79. The zero-order valence-electron chi connectivity index (χ0n) is 12.0. The van der Waals surface area contributed by atoms with E-state index in [2.05, 4.69) is 10.1 Å². The Kier molecular flexibility index (Phi) is 5.49. The molecule has 1 aliphatic heterocycles. The van der Waals surface area contributed by atoms with E-state index in [1.165, 1.54) is 0 Å². The van der Waals surface area contributed by atoms with Crippen LogP contribution in [0.25, 0.3) is 0 Å². The summed E-state index contributed by atoms with van der Waals surface area (Å²) in [6, 6.07) is 0. The molecule has 0 bridgehead atoms. The maximum atomic E-state index is 12.2. The van der Waals surface area contributed by atoms with Crippen molar-refractivity contribution in [1.82, 2.24) is 15.0 Å². The molecule has 0 radical (unpaired) electrons. The van der Waals surface area contributed by atoms with Crippen LogP contribution in [0, 0.1) is 5.92 Å². The van der Waals surface area contributed by atoms with E-state index >= 15 is 0 Å². The minimum absolute atomic E-state index is 0.106. The lowest BCUT2D eigenvalue weighted by Gasteiger charge is -2.20. The molecular weight excluding hydrogens is 262 g/mol. The standard InChI is InChI=1S/C13H21N3O4/c1-3-16(13(17)6-10-4-5-19-8-10)7-12-14-11(9-18-2)15-20-12/h10H,3-9H2,1-2H3/t10-/m1/s1. The second kappa shape index (κ2) is 7.35. The van der Waals surface area contributed by atoms with Crippen LogP contribution < -0.4 is 0 Å². The van der Waals surface area contributed by atoms with Gasteiger partial charge in [-0.2, -0.15) is 4.98 Å². The number of methoxy groups -OCH3 is 1. The first-order valence-corrected chi connectivity index (χ1v) is 6.88. The van der Waals surface area contributed by atoms with Gasteiger partial charge in [-0.15, -0.1) is 0 Å².